The Labute approximate surface area is 85.5 Å². The number of nitrogens with two attached hydrogens (primary N) is 1. The lowest BCUT2D eigenvalue weighted by Gasteiger charge is -2.17. The van der Waals surface area contributed by atoms with Gasteiger partial charge in [-0.15, -0.1) is 11.3 Å². The number of hydrogen-bond acceptors (Lipinski definition) is 4. The van der Waals surface area contributed by atoms with Crippen LogP contribution in [0.2, 0.25) is 0 Å². The van der Waals surface area contributed by atoms with E-state index in [2.05, 4.69) is 4.98 Å². The molecule has 0 aromatic carbocycles. The maximum absolute atomic E-state index is 11.6. The summed E-state index contributed by atoms with van der Waals surface area (Å²) in [4.78, 5) is 27.5. The number of rotatable bonds is 4. The molecule has 0 bridgehead atoms. The van der Waals surface area contributed by atoms with E-state index in [1.54, 1.807) is 17.8 Å². The van der Waals surface area contributed by atoms with Gasteiger partial charge in [0.2, 0.25) is 5.91 Å². The van der Waals surface area contributed by atoms with Crippen LogP contribution in [0.4, 0.5) is 0 Å². The van der Waals surface area contributed by atoms with Crippen molar-refractivity contribution < 1.29 is 9.59 Å². The fraction of sp³-hybridized carbons (Fsp3) is 0.375. The predicted octanol–water partition coefficient (Wildman–Crippen LogP) is 0.0905. The minimum Gasteiger partial charge on any atom is -0.368 e. The number of aromatic nitrogens is 1. The summed E-state index contributed by atoms with van der Waals surface area (Å²) in [6.07, 6.45) is 0. The molecular formula is C8H11N3O2S. The summed E-state index contributed by atoms with van der Waals surface area (Å²) in [6.45, 7) is 2.17. The van der Waals surface area contributed by atoms with Crippen LogP contribution in [0.25, 0.3) is 0 Å². The molecule has 1 heterocycles. The van der Waals surface area contributed by atoms with Crippen molar-refractivity contribution >= 4 is 23.2 Å². The first-order valence-electron chi connectivity index (χ1n) is 4.11. The third-order valence-electron chi connectivity index (χ3n) is 1.67. The molecule has 0 atom stereocenters. The first-order chi connectivity index (χ1) is 6.65. The fourth-order valence-corrected chi connectivity index (χ4v) is 1.52. The molecule has 1 aromatic heterocycles. The van der Waals surface area contributed by atoms with Gasteiger partial charge in [0.15, 0.2) is 0 Å². The summed E-state index contributed by atoms with van der Waals surface area (Å²) in [5.41, 5.74) is 6.94. The number of carbonyl (C=O) groups excluding carboxylic acids is 2. The highest BCUT2D eigenvalue weighted by molar-refractivity contribution is 7.07. The molecule has 1 aromatic rings. The highest BCUT2D eigenvalue weighted by Gasteiger charge is 2.17. The molecule has 2 N–H and O–H groups in total. The van der Waals surface area contributed by atoms with E-state index < -0.39 is 5.91 Å². The molecule has 0 aliphatic carbocycles. The van der Waals surface area contributed by atoms with Gasteiger partial charge in [0.05, 0.1) is 12.1 Å². The normalized spacial score (nSPS) is 9.79. The second kappa shape index (κ2) is 4.71. The van der Waals surface area contributed by atoms with Gasteiger partial charge in [0, 0.05) is 11.9 Å². The van der Waals surface area contributed by atoms with Crippen molar-refractivity contribution in [3.8, 4) is 0 Å². The Hall–Kier alpha value is -1.43. The van der Waals surface area contributed by atoms with E-state index in [0.717, 1.165) is 0 Å². The largest absolute Gasteiger partial charge is 0.368 e. The van der Waals surface area contributed by atoms with Crippen molar-refractivity contribution in [1.29, 1.82) is 0 Å². The molecule has 14 heavy (non-hydrogen) atoms. The lowest BCUT2D eigenvalue weighted by Crippen LogP contribution is -2.38. The Kier molecular flexibility index (Phi) is 3.58. The zero-order chi connectivity index (χ0) is 10.6. The van der Waals surface area contributed by atoms with Crippen LogP contribution in [0.5, 0.6) is 0 Å². The highest BCUT2D eigenvalue weighted by Crippen LogP contribution is 2.05. The summed E-state index contributed by atoms with van der Waals surface area (Å²) in [7, 11) is 0. The first-order valence-corrected chi connectivity index (χ1v) is 5.05. The van der Waals surface area contributed by atoms with E-state index in [4.69, 9.17) is 5.73 Å². The molecule has 76 valence electrons. The van der Waals surface area contributed by atoms with Crippen LogP contribution in [0.3, 0.4) is 0 Å². The van der Waals surface area contributed by atoms with E-state index in [1.165, 1.54) is 16.2 Å². The number of carbonyl (C=O) groups is 2. The van der Waals surface area contributed by atoms with Crippen LogP contribution in [-0.2, 0) is 4.79 Å². The highest BCUT2D eigenvalue weighted by atomic mass is 32.1. The topological polar surface area (TPSA) is 76.3 Å². The molecule has 2 amide bonds. The molecular weight excluding hydrogens is 202 g/mol. The Morgan fingerprint density at radius 1 is 1.64 bits per heavy atom. The van der Waals surface area contributed by atoms with Gasteiger partial charge in [-0.3, -0.25) is 9.59 Å². The van der Waals surface area contributed by atoms with Gasteiger partial charge >= 0.3 is 0 Å². The quantitative estimate of drug-likeness (QED) is 0.770. The Morgan fingerprint density at radius 2 is 2.36 bits per heavy atom. The maximum atomic E-state index is 11.6. The van der Waals surface area contributed by atoms with Gasteiger partial charge in [0.25, 0.3) is 5.91 Å². The molecule has 0 unspecified atom stereocenters. The molecule has 0 saturated carbocycles. The van der Waals surface area contributed by atoms with Gasteiger partial charge in [-0.25, -0.2) is 4.98 Å². The van der Waals surface area contributed by atoms with Crippen LogP contribution < -0.4 is 5.73 Å². The average molecular weight is 213 g/mol. The number of hydrogen-bond donors (Lipinski definition) is 1. The number of likely N-dealkylation sites (N-methyl/N-ethyl adjacent to an activating group) is 1. The van der Waals surface area contributed by atoms with Gasteiger partial charge in [-0.1, -0.05) is 0 Å². The molecule has 0 spiro atoms. The number of primary amides is 1. The molecule has 0 aliphatic rings. The van der Waals surface area contributed by atoms with E-state index in [-0.39, 0.29) is 12.5 Å². The Balaban J connectivity index is 2.70. The average Bonchev–Trinajstić information content (AvgIpc) is 2.65. The van der Waals surface area contributed by atoms with E-state index in [9.17, 15) is 9.59 Å². The molecule has 0 radical (unpaired) electrons. The first kappa shape index (κ1) is 10.6. The summed E-state index contributed by atoms with van der Waals surface area (Å²) in [6, 6.07) is 0. The minimum absolute atomic E-state index is 0.0626. The second-order valence-corrected chi connectivity index (χ2v) is 3.38. The lowest BCUT2D eigenvalue weighted by molar-refractivity contribution is -0.118. The van der Waals surface area contributed by atoms with Crippen molar-refractivity contribution in [2.24, 2.45) is 5.73 Å². The van der Waals surface area contributed by atoms with Crippen molar-refractivity contribution in [1.82, 2.24) is 9.88 Å². The van der Waals surface area contributed by atoms with Crippen LogP contribution in [-0.4, -0.2) is 34.8 Å². The standard InChI is InChI=1S/C8H11N3O2S/c1-2-11(3-7(9)12)8(13)6-4-14-5-10-6/h4-5H,2-3H2,1H3,(H2,9,12). The summed E-state index contributed by atoms with van der Waals surface area (Å²) >= 11 is 1.34. The third kappa shape index (κ3) is 2.53. The van der Waals surface area contributed by atoms with Crippen molar-refractivity contribution in [3.63, 3.8) is 0 Å². The summed E-state index contributed by atoms with van der Waals surface area (Å²) < 4.78 is 0. The minimum atomic E-state index is -0.518. The van der Waals surface area contributed by atoms with E-state index >= 15 is 0 Å². The Bertz CT molecular complexity index is 323. The molecule has 6 heteroatoms. The van der Waals surface area contributed by atoms with E-state index in [0.29, 0.717) is 12.2 Å². The number of amides is 2. The fourth-order valence-electron chi connectivity index (χ4n) is 0.995. The molecule has 1 rings (SSSR count). The van der Waals surface area contributed by atoms with Crippen molar-refractivity contribution in [3.05, 3.63) is 16.6 Å². The monoisotopic (exact) mass is 213 g/mol. The number of thiazole rings is 1. The van der Waals surface area contributed by atoms with Gasteiger partial charge in [-0.2, -0.15) is 0 Å². The van der Waals surface area contributed by atoms with Crippen LogP contribution in [0, 0.1) is 0 Å². The molecule has 0 fully saturated rings. The van der Waals surface area contributed by atoms with E-state index in [1.807, 2.05) is 0 Å². The molecule has 0 saturated heterocycles. The second-order valence-electron chi connectivity index (χ2n) is 2.66. The van der Waals surface area contributed by atoms with Crippen molar-refractivity contribution in [2.75, 3.05) is 13.1 Å². The SMILES string of the molecule is CCN(CC(N)=O)C(=O)c1cscn1. The van der Waals surface area contributed by atoms with Crippen LogP contribution >= 0.6 is 11.3 Å². The maximum Gasteiger partial charge on any atom is 0.273 e. The van der Waals surface area contributed by atoms with Gasteiger partial charge < -0.3 is 10.6 Å². The van der Waals surface area contributed by atoms with Crippen LogP contribution in [0.15, 0.2) is 10.9 Å². The zero-order valence-corrected chi connectivity index (χ0v) is 8.58. The van der Waals surface area contributed by atoms with Crippen molar-refractivity contribution in [2.45, 2.75) is 6.92 Å². The smallest absolute Gasteiger partial charge is 0.273 e. The summed E-state index contributed by atoms with van der Waals surface area (Å²) in [5.74, 6) is -0.775. The summed E-state index contributed by atoms with van der Waals surface area (Å²) in [5, 5.41) is 1.64. The Morgan fingerprint density at radius 3 is 2.79 bits per heavy atom. The molecule has 0 aliphatic heterocycles. The van der Waals surface area contributed by atoms with Crippen LogP contribution in [0.1, 0.15) is 17.4 Å². The molecule has 5 nitrogen and oxygen atoms in total. The zero-order valence-electron chi connectivity index (χ0n) is 7.77. The third-order valence-corrected chi connectivity index (χ3v) is 2.25. The predicted molar refractivity (Wildman–Crippen MR) is 52.9 cm³/mol. The number of nitrogens with zero attached hydrogens (tertiary/aromatic N) is 2. The lowest BCUT2D eigenvalue weighted by atomic mass is 10.3. The van der Waals surface area contributed by atoms with Gasteiger partial charge in [0.1, 0.15) is 5.69 Å². The van der Waals surface area contributed by atoms with Gasteiger partial charge in [-0.05, 0) is 6.92 Å².